The molecular formula is C25H31NO3. The first-order chi connectivity index (χ1) is 14.1. The van der Waals surface area contributed by atoms with Crippen molar-refractivity contribution < 1.29 is 14.3 Å². The molecule has 29 heavy (non-hydrogen) atoms. The van der Waals surface area contributed by atoms with Crippen LogP contribution in [0, 0.1) is 5.92 Å². The van der Waals surface area contributed by atoms with E-state index >= 15 is 0 Å². The Kier molecular flexibility index (Phi) is 6.19. The molecule has 1 saturated heterocycles. The van der Waals surface area contributed by atoms with E-state index in [9.17, 15) is 4.79 Å². The minimum atomic E-state index is -0.0918. The Morgan fingerprint density at radius 1 is 1.07 bits per heavy atom. The number of carbonyl (C=O) groups is 1. The van der Waals surface area contributed by atoms with Gasteiger partial charge in [0.1, 0.15) is 12.4 Å². The molecule has 2 heterocycles. The van der Waals surface area contributed by atoms with E-state index in [-0.39, 0.29) is 12.1 Å². The summed E-state index contributed by atoms with van der Waals surface area (Å²) in [5.41, 5.74) is 4.03. The quantitative estimate of drug-likeness (QED) is 0.686. The molecule has 1 fully saturated rings. The lowest BCUT2D eigenvalue weighted by Gasteiger charge is -2.36. The van der Waals surface area contributed by atoms with Gasteiger partial charge in [-0.1, -0.05) is 42.5 Å². The molecule has 1 atom stereocenters. The second-order valence-electron chi connectivity index (χ2n) is 8.47. The monoisotopic (exact) mass is 393 g/mol. The number of hydrogen-bond acceptors (Lipinski definition) is 4. The number of carbonyl (C=O) groups excluding carboxylic acids is 1. The van der Waals surface area contributed by atoms with Gasteiger partial charge < -0.3 is 14.4 Å². The summed E-state index contributed by atoms with van der Waals surface area (Å²) in [5, 5.41) is 0. The fourth-order valence-electron chi connectivity index (χ4n) is 4.75. The molecule has 2 aromatic rings. The van der Waals surface area contributed by atoms with E-state index in [4.69, 9.17) is 9.47 Å². The van der Waals surface area contributed by atoms with Crippen molar-refractivity contribution in [3.63, 3.8) is 0 Å². The van der Waals surface area contributed by atoms with Gasteiger partial charge in [0.15, 0.2) is 0 Å². The van der Waals surface area contributed by atoms with Gasteiger partial charge in [0.05, 0.1) is 12.5 Å². The molecule has 1 unspecified atom stereocenters. The molecule has 2 aromatic carbocycles. The molecular weight excluding hydrogens is 362 g/mol. The molecule has 0 saturated carbocycles. The van der Waals surface area contributed by atoms with Crippen molar-refractivity contribution >= 4 is 5.97 Å². The number of esters is 1. The summed E-state index contributed by atoms with van der Waals surface area (Å²) in [4.78, 5) is 14.3. The van der Waals surface area contributed by atoms with E-state index in [0.717, 1.165) is 38.2 Å². The van der Waals surface area contributed by atoms with Gasteiger partial charge in [0, 0.05) is 18.0 Å². The Labute approximate surface area is 173 Å². The van der Waals surface area contributed by atoms with E-state index in [0.29, 0.717) is 24.9 Å². The Bertz CT molecular complexity index is 792. The van der Waals surface area contributed by atoms with Crippen LogP contribution in [0.3, 0.4) is 0 Å². The third-order valence-electron chi connectivity index (χ3n) is 6.13. The summed E-state index contributed by atoms with van der Waals surface area (Å²) < 4.78 is 11.4. The summed E-state index contributed by atoms with van der Waals surface area (Å²) in [5.74, 6) is 1.88. The van der Waals surface area contributed by atoms with Gasteiger partial charge in [-0.3, -0.25) is 4.79 Å². The average molecular weight is 394 g/mol. The molecule has 0 N–H and O–H groups in total. The van der Waals surface area contributed by atoms with Crippen LogP contribution in [0.4, 0.5) is 0 Å². The summed E-state index contributed by atoms with van der Waals surface area (Å²) in [6, 6.07) is 17.2. The molecule has 2 aliphatic heterocycles. The van der Waals surface area contributed by atoms with Crippen molar-refractivity contribution in [2.75, 3.05) is 19.6 Å². The van der Waals surface area contributed by atoms with Crippen molar-refractivity contribution in [1.82, 2.24) is 4.90 Å². The highest BCUT2D eigenvalue weighted by atomic mass is 16.5. The standard InChI is InChI=1S/C25H31NO3/c1-18(2)29-24(27)13-16-26-14-11-19(12-15-26)25-21-8-4-3-7-20(21)17-28-23-10-6-5-9-22(23)25/h3-10,18-19,25H,11-17H2,1-2H3. The third-order valence-corrected chi connectivity index (χ3v) is 6.13. The first kappa shape index (κ1) is 20.0. The van der Waals surface area contributed by atoms with Crippen LogP contribution in [0.2, 0.25) is 0 Å². The fraction of sp³-hybridized carbons (Fsp3) is 0.480. The molecule has 4 nitrogen and oxygen atoms in total. The van der Waals surface area contributed by atoms with Crippen LogP contribution in [0.1, 0.15) is 55.7 Å². The topological polar surface area (TPSA) is 38.8 Å². The molecule has 4 rings (SSSR count). The molecule has 2 aliphatic rings. The minimum absolute atomic E-state index is 0.0363. The maximum absolute atomic E-state index is 11.9. The molecule has 0 spiro atoms. The highest BCUT2D eigenvalue weighted by Crippen LogP contribution is 2.44. The van der Waals surface area contributed by atoms with Crippen LogP contribution in [-0.4, -0.2) is 36.6 Å². The largest absolute Gasteiger partial charge is 0.489 e. The van der Waals surface area contributed by atoms with Gasteiger partial charge in [-0.2, -0.15) is 0 Å². The van der Waals surface area contributed by atoms with Crippen molar-refractivity contribution in [2.45, 2.75) is 51.7 Å². The lowest BCUT2D eigenvalue weighted by atomic mass is 9.75. The van der Waals surface area contributed by atoms with Crippen LogP contribution >= 0.6 is 0 Å². The van der Waals surface area contributed by atoms with Crippen LogP contribution in [0.25, 0.3) is 0 Å². The molecule has 4 heteroatoms. The number of nitrogens with zero attached hydrogens (tertiary/aromatic N) is 1. The number of para-hydroxylation sites is 1. The number of hydrogen-bond donors (Lipinski definition) is 0. The summed E-state index contributed by atoms with van der Waals surface area (Å²) in [6.07, 6.45) is 2.70. The van der Waals surface area contributed by atoms with Gasteiger partial charge in [0.25, 0.3) is 0 Å². The second kappa shape index (κ2) is 9.00. The molecule has 0 aromatic heterocycles. The molecule has 0 radical (unpaired) electrons. The van der Waals surface area contributed by atoms with Crippen molar-refractivity contribution in [1.29, 1.82) is 0 Å². The van der Waals surface area contributed by atoms with Crippen molar-refractivity contribution in [2.24, 2.45) is 5.92 Å². The van der Waals surface area contributed by atoms with E-state index in [1.54, 1.807) is 0 Å². The van der Waals surface area contributed by atoms with E-state index < -0.39 is 0 Å². The first-order valence-corrected chi connectivity index (χ1v) is 10.8. The number of piperidine rings is 1. The van der Waals surface area contributed by atoms with Gasteiger partial charge >= 0.3 is 5.97 Å². The molecule has 0 aliphatic carbocycles. The predicted octanol–water partition coefficient (Wildman–Crippen LogP) is 4.76. The zero-order valence-corrected chi connectivity index (χ0v) is 17.5. The molecule has 154 valence electrons. The molecule has 0 bridgehead atoms. The predicted molar refractivity (Wildman–Crippen MR) is 114 cm³/mol. The fourth-order valence-corrected chi connectivity index (χ4v) is 4.75. The van der Waals surface area contributed by atoms with E-state index in [2.05, 4.69) is 53.4 Å². The van der Waals surface area contributed by atoms with Crippen molar-refractivity contribution in [3.05, 3.63) is 65.2 Å². The number of benzene rings is 2. The van der Waals surface area contributed by atoms with E-state index in [1.165, 1.54) is 16.7 Å². The third kappa shape index (κ3) is 4.64. The summed E-state index contributed by atoms with van der Waals surface area (Å²) in [6.45, 7) is 7.29. The van der Waals surface area contributed by atoms with Crippen LogP contribution < -0.4 is 4.74 Å². The Morgan fingerprint density at radius 3 is 2.52 bits per heavy atom. The van der Waals surface area contributed by atoms with Crippen LogP contribution in [0.5, 0.6) is 5.75 Å². The van der Waals surface area contributed by atoms with Crippen LogP contribution in [-0.2, 0) is 16.1 Å². The lowest BCUT2D eigenvalue weighted by molar-refractivity contribution is -0.147. The second-order valence-corrected chi connectivity index (χ2v) is 8.47. The number of fused-ring (bicyclic) bond motifs is 2. The molecule has 0 amide bonds. The van der Waals surface area contributed by atoms with Crippen LogP contribution in [0.15, 0.2) is 48.5 Å². The van der Waals surface area contributed by atoms with Gasteiger partial charge in [-0.15, -0.1) is 0 Å². The first-order valence-electron chi connectivity index (χ1n) is 10.8. The Balaban J connectivity index is 1.46. The smallest absolute Gasteiger partial charge is 0.307 e. The summed E-state index contributed by atoms with van der Waals surface area (Å²) in [7, 11) is 0. The Morgan fingerprint density at radius 2 is 1.76 bits per heavy atom. The number of rotatable bonds is 5. The normalized spacial score (nSPS) is 19.8. The zero-order valence-electron chi connectivity index (χ0n) is 17.5. The van der Waals surface area contributed by atoms with Crippen molar-refractivity contribution in [3.8, 4) is 5.75 Å². The van der Waals surface area contributed by atoms with Gasteiger partial charge in [-0.25, -0.2) is 0 Å². The Hall–Kier alpha value is -2.33. The highest BCUT2D eigenvalue weighted by Gasteiger charge is 2.33. The van der Waals surface area contributed by atoms with E-state index in [1.807, 2.05) is 13.8 Å². The van der Waals surface area contributed by atoms with Gasteiger partial charge in [0.2, 0.25) is 0 Å². The number of likely N-dealkylation sites (tertiary alicyclic amines) is 1. The average Bonchev–Trinajstić information content (AvgIpc) is 2.89. The maximum atomic E-state index is 11.9. The minimum Gasteiger partial charge on any atom is -0.489 e. The van der Waals surface area contributed by atoms with Gasteiger partial charge in [-0.05, 0) is 62.9 Å². The lowest BCUT2D eigenvalue weighted by Crippen LogP contribution is -2.37. The zero-order chi connectivity index (χ0) is 20.2. The SMILES string of the molecule is CC(C)OC(=O)CCN1CCC(C2c3ccccc3COc3ccccc32)CC1. The summed E-state index contributed by atoms with van der Waals surface area (Å²) >= 11 is 0. The number of ether oxygens (including phenoxy) is 2. The maximum Gasteiger partial charge on any atom is 0.307 e. The highest BCUT2D eigenvalue weighted by molar-refractivity contribution is 5.69.